The molecule has 0 amide bonds. The summed E-state index contributed by atoms with van der Waals surface area (Å²) in [6.45, 7) is 6.26. The van der Waals surface area contributed by atoms with Gasteiger partial charge in [-0.3, -0.25) is 0 Å². The van der Waals surface area contributed by atoms with Crippen molar-refractivity contribution < 1.29 is 0 Å². The van der Waals surface area contributed by atoms with Crippen molar-refractivity contribution in [3.63, 3.8) is 0 Å². The van der Waals surface area contributed by atoms with E-state index in [2.05, 4.69) is 75.7 Å². The lowest BCUT2D eigenvalue weighted by molar-refractivity contribution is 0.549. The van der Waals surface area contributed by atoms with Gasteiger partial charge in [0.1, 0.15) is 5.82 Å². The highest BCUT2D eigenvalue weighted by molar-refractivity contribution is 5.63. The molecule has 1 aliphatic heterocycles. The number of hydrogen-bond donors (Lipinski definition) is 2. The molecule has 6 nitrogen and oxygen atoms in total. The molecule has 3 aromatic rings. The highest BCUT2D eigenvalue weighted by Crippen LogP contribution is 2.46. The topological polar surface area (TPSA) is 74.6 Å². The second-order valence-corrected chi connectivity index (χ2v) is 8.93. The minimum atomic E-state index is -0.279. The maximum absolute atomic E-state index is 4.82. The minimum absolute atomic E-state index is 0.279. The first-order valence-corrected chi connectivity index (χ1v) is 13.0. The minimum Gasteiger partial charge on any atom is -0.241 e. The molecule has 2 aromatic carbocycles. The number of hydrazine groups is 1. The van der Waals surface area contributed by atoms with Gasteiger partial charge in [0.2, 0.25) is 0 Å². The second-order valence-electron chi connectivity index (χ2n) is 8.93. The Labute approximate surface area is 214 Å². The molecule has 3 unspecified atom stereocenters. The maximum atomic E-state index is 4.82. The van der Waals surface area contributed by atoms with Crippen LogP contribution in [-0.4, -0.2) is 9.97 Å². The SMILES string of the molecule is CC.CC1=CCC=CC2CC12.c1ccc(CCc2ncc(C3N=NNN3)c(-c3ccccc3)n2)cc1. The normalized spacial score (nSPS) is 21.0. The molecule has 186 valence electrons. The van der Waals surface area contributed by atoms with Crippen molar-refractivity contribution >= 4 is 0 Å². The van der Waals surface area contributed by atoms with Crippen molar-refractivity contribution in [1.82, 2.24) is 20.9 Å². The van der Waals surface area contributed by atoms with Crippen LogP contribution in [0.4, 0.5) is 0 Å². The third-order valence-corrected chi connectivity index (χ3v) is 6.50. The summed E-state index contributed by atoms with van der Waals surface area (Å²) in [6, 6.07) is 20.5. The molecule has 2 N–H and O–H groups in total. The molecule has 6 rings (SSSR count). The third-order valence-electron chi connectivity index (χ3n) is 6.50. The van der Waals surface area contributed by atoms with Crippen molar-refractivity contribution in [2.45, 2.75) is 52.6 Å². The van der Waals surface area contributed by atoms with Crippen molar-refractivity contribution in [3.8, 4) is 11.3 Å². The molecular weight excluding hydrogens is 444 g/mol. The molecule has 2 aliphatic carbocycles. The predicted octanol–water partition coefficient (Wildman–Crippen LogP) is 6.96. The monoisotopic (exact) mass is 480 g/mol. The van der Waals surface area contributed by atoms with E-state index in [1.807, 2.05) is 56.4 Å². The molecule has 1 aromatic heterocycles. The fraction of sp³-hybridized carbons (Fsp3) is 0.333. The van der Waals surface area contributed by atoms with E-state index in [4.69, 9.17) is 4.98 Å². The van der Waals surface area contributed by atoms with E-state index in [9.17, 15) is 0 Å². The quantitative estimate of drug-likeness (QED) is 0.387. The van der Waals surface area contributed by atoms with Crippen LogP contribution >= 0.6 is 0 Å². The highest BCUT2D eigenvalue weighted by Gasteiger charge is 2.36. The Hall–Kier alpha value is -3.64. The zero-order chi connectivity index (χ0) is 25.2. The lowest BCUT2D eigenvalue weighted by Crippen LogP contribution is -2.25. The maximum Gasteiger partial charge on any atom is 0.169 e. The van der Waals surface area contributed by atoms with Gasteiger partial charge in [0.15, 0.2) is 6.17 Å². The molecule has 0 saturated heterocycles. The van der Waals surface area contributed by atoms with Gasteiger partial charge in [0, 0.05) is 23.7 Å². The number of rotatable bonds is 5. The number of aromatic nitrogens is 2. The van der Waals surface area contributed by atoms with Crippen LogP contribution in [0.5, 0.6) is 0 Å². The molecule has 3 atom stereocenters. The molecule has 0 radical (unpaired) electrons. The lowest BCUT2D eigenvalue weighted by atomic mass is 10.0. The van der Waals surface area contributed by atoms with Gasteiger partial charge in [-0.05, 0) is 43.6 Å². The fourth-order valence-corrected chi connectivity index (χ4v) is 4.43. The van der Waals surface area contributed by atoms with Crippen molar-refractivity contribution in [2.75, 3.05) is 0 Å². The van der Waals surface area contributed by atoms with Gasteiger partial charge in [-0.2, -0.15) is 5.43 Å². The Kier molecular flexibility index (Phi) is 9.11. The standard InChI is InChI=1S/C19H18N6.C9H12.C2H6/c1-3-7-14(8-4-1)11-12-17-20-13-16(19-22-24-25-23-19)18(21-17)15-9-5-2-6-10-15;1-7-4-2-3-5-8-6-9(7)8;1-2/h1-10,13,19H,11-12H2,(H,22,25)(H,23,24);3-5,8-9H,2,6H2,1H3;1-2H3. The fourth-order valence-electron chi connectivity index (χ4n) is 4.43. The van der Waals surface area contributed by atoms with Crippen LogP contribution in [0.3, 0.4) is 0 Å². The Morgan fingerprint density at radius 3 is 2.42 bits per heavy atom. The summed E-state index contributed by atoms with van der Waals surface area (Å²) in [5.41, 5.74) is 11.4. The van der Waals surface area contributed by atoms with E-state index in [-0.39, 0.29) is 6.17 Å². The number of aryl methyl sites for hydroxylation is 2. The largest absolute Gasteiger partial charge is 0.241 e. The summed E-state index contributed by atoms with van der Waals surface area (Å²) in [5.74, 6) is 2.68. The van der Waals surface area contributed by atoms with E-state index in [0.29, 0.717) is 0 Å². The van der Waals surface area contributed by atoms with Crippen LogP contribution in [0.15, 0.2) is 101 Å². The van der Waals surface area contributed by atoms with Gasteiger partial charge >= 0.3 is 0 Å². The number of fused-ring (bicyclic) bond motifs is 1. The molecule has 0 spiro atoms. The Morgan fingerprint density at radius 2 is 1.69 bits per heavy atom. The smallest absolute Gasteiger partial charge is 0.169 e. The van der Waals surface area contributed by atoms with E-state index >= 15 is 0 Å². The second kappa shape index (κ2) is 12.9. The zero-order valence-electron chi connectivity index (χ0n) is 21.4. The van der Waals surface area contributed by atoms with Crippen LogP contribution in [0.1, 0.15) is 56.7 Å². The van der Waals surface area contributed by atoms with Gasteiger partial charge < -0.3 is 0 Å². The molecular formula is C30H36N6. The summed E-state index contributed by atoms with van der Waals surface area (Å²) < 4.78 is 0. The number of allylic oxidation sites excluding steroid dienone is 4. The molecule has 1 fully saturated rings. The highest BCUT2D eigenvalue weighted by atomic mass is 15.7. The first-order valence-electron chi connectivity index (χ1n) is 13.0. The summed E-state index contributed by atoms with van der Waals surface area (Å²) in [4.78, 5) is 9.37. The number of benzene rings is 2. The third kappa shape index (κ3) is 6.73. The van der Waals surface area contributed by atoms with Gasteiger partial charge in [-0.15, -0.1) is 5.11 Å². The van der Waals surface area contributed by atoms with Crippen molar-refractivity contribution in [2.24, 2.45) is 22.2 Å². The molecule has 2 heterocycles. The average molecular weight is 481 g/mol. The predicted molar refractivity (Wildman–Crippen MR) is 146 cm³/mol. The van der Waals surface area contributed by atoms with E-state index in [1.54, 1.807) is 5.57 Å². The summed E-state index contributed by atoms with van der Waals surface area (Å²) >= 11 is 0. The molecule has 3 aliphatic rings. The van der Waals surface area contributed by atoms with Gasteiger partial charge in [0.05, 0.1) is 5.69 Å². The van der Waals surface area contributed by atoms with Crippen LogP contribution in [-0.2, 0) is 12.8 Å². The van der Waals surface area contributed by atoms with E-state index in [1.165, 1.54) is 18.4 Å². The average Bonchev–Trinajstić information content (AvgIpc) is 3.57. The Balaban J connectivity index is 0.000000230. The van der Waals surface area contributed by atoms with Gasteiger partial charge in [0.25, 0.3) is 0 Å². The summed E-state index contributed by atoms with van der Waals surface area (Å²) in [5, 5.41) is 7.92. The molecule has 36 heavy (non-hydrogen) atoms. The van der Waals surface area contributed by atoms with Crippen LogP contribution in [0, 0.1) is 11.8 Å². The molecule has 0 bridgehead atoms. The van der Waals surface area contributed by atoms with Crippen LogP contribution in [0.25, 0.3) is 11.3 Å². The molecule has 1 saturated carbocycles. The lowest BCUT2D eigenvalue weighted by Gasteiger charge is -2.13. The number of nitrogens with zero attached hydrogens (tertiary/aromatic N) is 4. The number of hydrogen-bond acceptors (Lipinski definition) is 6. The summed E-state index contributed by atoms with van der Waals surface area (Å²) in [6.07, 6.45) is 12.9. The number of nitrogens with one attached hydrogen (secondary N) is 2. The molecule has 6 heteroatoms. The first-order chi connectivity index (χ1) is 17.8. The van der Waals surface area contributed by atoms with E-state index in [0.717, 1.165) is 47.3 Å². The Bertz CT molecular complexity index is 1190. The first kappa shape index (κ1) is 25.5. The van der Waals surface area contributed by atoms with Crippen molar-refractivity contribution in [3.05, 3.63) is 108 Å². The van der Waals surface area contributed by atoms with Crippen molar-refractivity contribution in [1.29, 1.82) is 0 Å². The van der Waals surface area contributed by atoms with Gasteiger partial charge in [-0.25, -0.2) is 15.5 Å². The van der Waals surface area contributed by atoms with Crippen LogP contribution < -0.4 is 11.0 Å². The van der Waals surface area contributed by atoms with Crippen LogP contribution in [0.2, 0.25) is 0 Å². The summed E-state index contributed by atoms with van der Waals surface area (Å²) in [7, 11) is 0. The van der Waals surface area contributed by atoms with E-state index < -0.39 is 0 Å². The zero-order valence-corrected chi connectivity index (χ0v) is 21.4. The Morgan fingerprint density at radius 1 is 0.944 bits per heavy atom. The van der Waals surface area contributed by atoms with Gasteiger partial charge in [-0.1, -0.05) is 104 Å².